The first kappa shape index (κ1) is 13.7. The number of halogens is 2. The average molecular weight is 309 g/mol. The van der Waals surface area contributed by atoms with Gasteiger partial charge in [-0.2, -0.15) is 0 Å². The average Bonchev–Trinajstić information content (AvgIpc) is 2.20. The second-order valence-corrected chi connectivity index (χ2v) is 5.05. The van der Waals surface area contributed by atoms with Crippen LogP contribution in [0.2, 0.25) is 5.02 Å². The van der Waals surface area contributed by atoms with Crippen LogP contribution in [0.25, 0.3) is 0 Å². The lowest BCUT2D eigenvalue weighted by Gasteiger charge is -2.09. The molecule has 1 aromatic rings. The molecular formula is C11H15BrClNO2. The predicted molar refractivity (Wildman–Crippen MR) is 68.1 cm³/mol. The van der Waals surface area contributed by atoms with Crippen LogP contribution in [0.4, 0.5) is 0 Å². The van der Waals surface area contributed by atoms with Crippen LogP contribution in [0.3, 0.4) is 0 Å². The van der Waals surface area contributed by atoms with Crippen LogP contribution in [0.1, 0.15) is 13.8 Å². The topological polar surface area (TPSA) is 31.4 Å². The number of rotatable bonds is 6. The van der Waals surface area contributed by atoms with E-state index in [1.807, 2.05) is 0 Å². The molecule has 0 radical (unpaired) electrons. The Hall–Kier alpha value is -0.320. The number of pyridine rings is 1. The number of hydrogen-bond acceptors (Lipinski definition) is 3. The molecule has 3 nitrogen and oxygen atoms in total. The molecule has 0 aliphatic heterocycles. The molecular weight excluding hydrogens is 293 g/mol. The summed E-state index contributed by atoms with van der Waals surface area (Å²) in [4.78, 5) is 4.05. The monoisotopic (exact) mass is 307 g/mol. The first-order valence-electron chi connectivity index (χ1n) is 5.11. The van der Waals surface area contributed by atoms with Crippen molar-refractivity contribution in [2.75, 3.05) is 19.8 Å². The van der Waals surface area contributed by atoms with Crippen LogP contribution in [-0.2, 0) is 4.74 Å². The highest BCUT2D eigenvalue weighted by Crippen LogP contribution is 2.24. The highest BCUT2D eigenvalue weighted by molar-refractivity contribution is 9.10. The van der Waals surface area contributed by atoms with Gasteiger partial charge in [0.05, 0.1) is 16.1 Å². The second kappa shape index (κ2) is 7.09. The van der Waals surface area contributed by atoms with Gasteiger partial charge in [0, 0.05) is 12.8 Å². The Morgan fingerprint density at radius 3 is 2.81 bits per heavy atom. The highest BCUT2D eigenvalue weighted by atomic mass is 79.9. The molecule has 16 heavy (non-hydrogen) atoms. The zero-order valence-electron chi connectivity index (χ0n) is 9.37. The maximum absolute atomic E-state index is 5.76. The van der Waals surface area contributed by atoms with E-state index in [0.29, 0.717) is 30.0 Å². The third kappa shape index (κ3) is 5.14. The quantitative estimate of drug-likeness (QED) is 0.753. The van der Waals surface area contributed by atoms with Crippen LogP contribution in [-0.4, -0.2) is 24.8 Å². The van der Waals surface area contributed by atoms with Gasteiger partial charge < -0.3 is 9.47 Å². The van der Waals surface area contributed by atoms with Crippen molar-refractivity contribution >= 4 is 27.5 Å². The summed E-state index contributed by atoms with van der Waals surface area (Å²) in [6.45, 7) is 6.02. The molecule has 0 aliphatic rings. The molecule has 1 aromatic heterocycles. The van der Waals surface area contributed by atoms with E-state index in [9.17, 15) is 0 Å². The zero-order chi connectivity index (χ0) is 12.0. The summed E-state index contributed by atoms with van der Waals surface area (Å²) in [5.41, 5.74) is 0. The maximum Gasteiger partial charge on any atom is 0.228 e. The lowest BCUT2D eigenvalue weighted by atomic mass is 10.2. The summed E-state index contributed by atoms with van der Waals surface area (Å²) < 4.78 is 11.6. The first-order chi connectivity index (χ1) is 7.59. The lowest BCUT2D eigenvalue weighted by molar-refractivity contribution is 0.0804. The molecule has 1 heterocycles. The Kier molecular flexibility index (Phi) is 6.09. The molecule has 0 bridgehead atoms. The summed E-state index contributed by atoms with van der Waals surface area (Å²) in [6.07, 6.45) is 1.55. The van der Waals surface area contributed by atoms with Gasteiger partial charge in [0.2, 0.25) is 5.88 Å². The van der Waals surface area contributed by atoms with Gasteiger partial charge in [-0.3, -0.25) is 0 Å². The Morgan fingerprint density at radius 2 is 2.19 bits per heavy atom. The predicted octanol–water partition coefficient (Wildman–Crippen LogP) is 3.55. The molecule has 0 aromatic carbocycles. The molecule has 90 valence electrons. The lowest BCUT2D eigenvalue weighted by Crippen LogP contribution is -2.10. The van der Waals surface area contributed by atoms with E-state index in [0.717, 1.165) is 11.1 Å². The fourth-order valence-electron chi connectivity index (χ4n) is 1.02. The van der Waals surface area contributed by atoms with Crippen molar-refractivity contribution in [3.8, 4) is 5.88 Å². The van der Waals surface area contributed by atoms with Crippen molar-refractivity contribution in [2.24, 2.45) is 5.92 Å². The standard InChI is InChI=1S/C11H15BrClNO2/c1-8(2)7-15-3-4-16-11-10(12)5-9(13)6-14-11/h5-6,8H,3-4,7H2,1-2H3. The Morgan fingerprint density at radius 1 is 1.44 bits per heavy atom. The Labute approximate surface area is 109 Å². The van der Waals surface area contributed by atoms with Crippen molar-refractivity contribution < 1.29 is 9.47 Å². The molecule has 0 amide bonds. The second-order valence-electron chi connectivity index (χ2n) is 3.76. The van der Waals surface area contributed by atoms with E-state index in [-0.39, 0.29) is 0 Å². The summed E-state index contributed by atoms with van der Waals surface area (Å²) in [7, 11) is 0. The molecule has 0 N–H and O–H groups in total. The highest BCUT2D eigenvalue weighted by Gasteiger charge is 2.03. The van der Waals surface area contributed by atoms with Crippen LogP contribution in [0, 0.1) is 5.92 Å². The van der Waals surface area contributed by atoms with Crippen molar-refractivity contribution in [2.45, 2.75) is 13.8 Å². The summed E-state index contributed by atoms with van der Waals surface area (Å²) >= 11 is 9.09. The SMILES string of the molecule is CC(C)COCCOc1ncc(Cl)cc1Br. The smallest absolute Gasteiger partial charge is 0.228 e. The normalized spacial score (nSPS) is 10.8. The molecule has 0 aliphatic carbocycles. The Balaban J connectivity index is 2.27. The first-order valence-corrected chi connectivity index (χ1v) is 6.28. The largest absolute Gasteiger partial charge is 0.474 e. The van der Waals surface area contributed by atoms with Gasteiger partial charge >= 0.3 is 0 Å². The van der Waals surface area contributed by atoms with Gasteiger partial charge in [-0.1, -0.05) is 25.4 Å². The van der Waals surface area contributed by atoms with E-state index < -0.39 is 0 Å². The number of ether oxygens (including phenoxy) is 2. The van der Waals surface area contributed by atoms with Crippen molar-refractivity contribution in [1.29, 1.82) is 0 Å². The van der Waals surface area contributed by atoms with Gasteiger partial charge in [-0.25, -0.2) is 4.98 Å². The maximum atomic E-state index is 5.76. The molecule has 0 fully saturated rings. The molecule has 0 unspecified atom stereocenters. The third-order valence-corrected chi connectivity index (χ3v) is 2.47. The molecule has 0 atom stereocenters. The van der Waals surface area contributed by atoms with Crippen LogP contribution >= 0.6 is 27.5 Å². The summed E-state index contributed by atoms with van der Waals surface area (Å²) in [5, 5.41) is 0.579. The fraction of sp³-hybridized carbons (Fsp3) is 0.545. The van der Waals surface area contributed by atoms with Crippen LogP contribution in [0.15, 0.2) is 16.7 Å². The number of aromatic nitrogens is 1. The van der Waals surface area contributed by atoms with E-state index in [4.69, 9.17) is 21.1 Å². The molecule has 5 heteroatoms. The van der Waals surface area contributed by atoms with Gasteiger partial charge in [0.15, 0.2) is 0 Å². The molecule has 0 spiro atoms. The number of nitrogens with zero attached hydrogens (tertiary/aromatic N) is 1. The summed E-state index contributed by atoms with van der Waals surface area (Å²) in [5.74, 6) is 1.08. The molecule has 1 rings (SSSR count). The fourth-order valence-corrected chi connectivity index (χ4v) is 1.78. The van der Waals surface area contributed by atoms with E-state index >= 15 is 0 Å². The van der Waals surface area contributed by atoms with Gasteiger partial charge in [-0.15, -0.1) is 0 Å². The van der Waals surface area contributed by atoms with E-state index in [2.05, 4.69) is 34.8 Å². The minimum Gasteiger partial charge on any atom is -0.474 e. The van der Waals surface area contributed by atoms with Gasteiger partial charge in [-0.05, 0) is 27.9 Å². The van der Waals surface area contributed by atoms with Crippen molar-refractivity contribution in [3.05, 3.63) is 21.8 Å². The number of hydrogen-bond donors (Lipinski definition) is 0. The zero-order valence-corrected chi connectivity index (χ0v) is 11.7. The van der Waals surface area contributed by atoms with Crippen molar-refractivity contribution in [1.82, 2.24) is 4.98 Å². The van der Waals surface area contributed by atoms with E-state index in [1.165, 1.54) is 0 Å². The minimum atomic E-state index is 0.486. The van der Waals surface area contributed by atoms with Crippen LogP contribution in [0.5, 0.6) is 5.88 Å². The minimum absolute atomic E-state index is 0.486. The summed E-state index contributed by atoms with van der Waals surface area (Å²) in [6, 6.07) is 1.75. The molecule has 0 saturated heterocycles. The Bertz CT molecular complexity index is 334. The van der Waals surface area contributed by atoms with Gasteiger partial charge in [0.1, 0.15) is 6.61 Å². The van der Waals surface area contributed by atoms with Gasteiger partial charge in [0.25, 0.3) is 0 Å². The van der Waals surface area contributed by atoms with Crippen LogP contribution < -0.4 is 4.74 Å². The van der Waals surface area contributed by atoms with Crippen molar-refractivity contribution in [3.63, 3.8) is 0 Å². The van der Waals surface area contributed by atoms with E-state index in [1.54, 1.807) is 12.3 Å². The third-order valence-electron chi connectivity index (χ3n) is 1.69. The molecule has 0 saturated carbocycles.